The molecule has 0 aliphatic heterocycles. The lowest BCUT2D eigenvalue weighted by Crippen LogP contribution is -2.48. The van der Waals surface area contributed by atoms with Crippen LogP contribution in [0.1, 0.15) is 37.8 Å². The van der Waals surface area contributed by atoms with Gasteiger partial charge < -0.3 is 15.3 Å². The van der Waals surface area contributed by atoms with Gasteiger partial charge in [0.1, 0.15) is 6.04 Å². The third kappa shape index (κ3) is 6.02. The van der Waals surface area contributed by atoms with Crippen molar-refractivity contribution in [2.45, 2.75) is 39.2 Å². The van der Waals surface area contributed by atoms with E-state index in [9.17, 15) is 14.7 Å². The molecule has 1 aromatic rings. The number of rotatable bonds is 8. The molecule has 23 heavy (non-hydrogen) atoms. The van der Waals surface area contributed by atoms with Crippen molar-refractivity contribution in [1.29, 1.82) is 0 Å². The Kier molecular flexibility index (Phi) is 7.23. The second-order valence-electron chi connectivity index (χ2n) is 6.68. The summed E-state index contributed by atoms with van der Waals surface area (Å²) in [5, 5.41) is 11.9. The van der Waals surface area contributed by atoms with E-state index in [-0.39, 0.29) is 18.4 Å². The Hall–Kier alpha value is -1.88. The van der Waals surface area contributed by atoms with E-state index >= 15 is 0 Å². The fourth-order valence-corrected chi connectivity index (χ4v) is 2.57. The lowest BCUT2D eigenvalue weighted by atomic mass is 9.90. The molecule has 5 nitrogen and oxygen atoms in total. The van der Waals surface area contributed by atoms with Crippen LogP contribution in [0, 0.1) is 5.92 Å². The normalized spacial score (nSPS) is 13.9. The van der Waals surface area contributed by atoms with Gasteiger partial charge in [-0.3, -0.25) is 4.79 Å². The summed E-state index contributed by atoms with van der Waals surface area (Å²) in [4.78, 5) is 25.5. The maximum atomic E-state index is 12.5. The Morgan fingerprint density at radius 1 is 1.17 bits per heavy atom. The smallest absolute Gasteiger partial charge is 0.327 e. The van der Waals surface area contributed by atoms with Crippen LogP contribution in [-0.4, -0.2) is 48.6 Å². The van der Waals surface area contributed by atoms with Crippen molar-refractivity contribution in [1.82, 2.24) is 10.2 Å². The first-order valence-electron chi connectivity index (χ1n) is 7.98. The molecule has 0 aromatic heterocycles. The molecule has 0 fully saturated rings. The highest BCUT2D eigenvalue weighted by molar-refractivity contribution is 5.88. The zero-order chi connectivity index (χ0) is 17.6. The van der Waals surface area contributed by atoms with Crippen molar-refractivity contribution in [2.24, 2.45) is 5.92 Å². The van der Waals surface area contributed by atoms with E-state index in [1.165, 1.54) is 0 Å². The van der Waals surface area contributed by atoms with Gasteiger partial charge in [0.05, 0.1) is 5.92 Å². The minimum atomic E-state index is -1.02. The Balaban J connectivity index is 2.89. The van der Waals surface area contributed by atoms with Gasteiger partial charge in [-0.25, -0.2) is 4.79 Å². The number of carboxylic acid groups (broad SMARTS) is 1. The summed E-state index contributed by atoms with van der Waals surface area (Å²) in [5.41, 5.74) is 2.11. The minimum Gasteiger partial charge on any atom is -0.480 e. The second kappa shape index (κ2) is 8.67. The van der Waals surface area contributed by atoms with E-state index < -0.39 is 12.0 Å². The lowest BCUT2D eigenvalue weighted by Gasteiger charge is -2.22. The summed E-state index contributed by atoms with van der Waals surface area (Å²) >= 11 is 0. The molecule has 2 atom stereocenters. The monoisotopic (exact) mass is 320 g/mol. The molecule has 0 saturated heterocycles. The molecule has 0 radical (unpaired) electrons. The highest BCUT2D eigenvalue weighted by atomic mass is 16.4. The molecule has 0 heterocycles. The molecule has 128 valence electrons. The van der Waals surface area contributed by atoms with Crippen LogP contribution in [0.2, 0.25) is 0 Å². The number of nitrogens with zero attached hydrogens (tertiary/aromatic N) is 1. The standard InChI is InChI=1S/C18H28N2O3/c1-12(2)10-14-8-6-7-9-15(14)13(3)17(21)19-16(18(22)23)11-20(4)5/h6-9,12-13,16H,10-11H2,1-5H3,(H,19,21)(H,22,23). The number of carboxylic acids is 1. The zero-order valence-electron chi connectivity index (χ0n) is 14.7. The quantitative estimate of drug-likeness (QED) is 0.770. The Labute approximate surface area is 138 Å². The molecule has 0 aliphatic rings. The fraction of sp³-hybridized carbons (Fsp3) is 0.556. The number of hydrogen-bond donors (Lipinski definition) is 2. The fourth-order valence-electron chi connectivity index (χ4n) is 2.57. The van der Waals surface area contributed by atoms with Crippen LogP contribution in [0.25, 0.3) is 0 Å². The average molecular weight is 320 g/mol. The van der Waals surface area contributed by atoms with Gasteiger partial charge in [-0.15, -0.1) is 0 Å². The van der Waals surface area contributed by atoms with Gasteiger partial charge in [0.2, 0.25) is 5.91 Å². The molecule has 0 aliphatic carbocycles. The summed E-state index contributed by atoms with van der Waals surface area (Å²) in [6.45, 7) is 6.36. The lowest BCUT2D eigenvalue weighted by molar-refractivity contribution is -0.142. The Morgan fingerprint density at radius 3 is 2.30 bits per heavy atom. The molecule has 1 aromatic carbocycles. The van der Waals surface area contributed by atoms with Gasteiger partial charge in [0, 0.05) is 6.54 Å². The number of benzene rings is 1. The predicted molar refractivity (Wildman–Crippen MR) is 91.5 cm³/mol. The number of carbonyl (C=O) groups is 2. The average Bonchev–Trinajstić information content (AvgIpc) is 2.45. The molecule has 0 saturated carbocycles. The number of likely N-dealkylation sites (N-methyl/N-ethyl adjacent to an activating group) is 1. The Bertz CT molecular complexity index is 541. The van der Waals surface area contributed by atoms with E-state index in [1.54, 1.807) is 19.0 Å². The summed E-state index contributed by atoms with van der Waals surface area (Å²) in [6, 6.07) is 6.96. The van der Waals surface area contributed by atoms with Gasteiger partial charge in [-0.05, 0) is 44.5 Å². The number of aliphatic carboxylic acids is 1. The van der Waals surface area contributed by atoms with Crippen LogP contribution < -0.4 is 5.32 Å². The molecule has 1 amide bonds. The van der Waals surface area contributed by atoms with E-state index in [4.69, 9.17) is 0 Å². The maximum absolute atomic E-state index is 12.5. The third-order valence-electron chi connectivity index (χ3n) is 3.71. The van der Waals surface area contributed by atoms with Crippen LogP contribution >= 0.6 is 0 Å². The zero-order valence-corrected chi connectivity index (χ0v) is 14.7. The van der Waals surface area contributed by atoms with Crippen LogP contribution in [0.3, 0.4) is 0 Å². The maximum Gasteiger partial charge on any atom is 0.327 e. The van der Waals surface area contributed by atoms with Crippen LogP contribution in [0.15, 0.2) is 24.3 Å². The topological polar surface area (TPSA) is 69.6 Å². The molecule has 5 heteroatoms. The van der Waals surface area contributed by atoms with E-state index in [0.717, 1.165) is 17.5 Å². The minimum absolute atomic E-state index is 0.254. The predicted octanol–water partition coefficient (Wildman–Crippen LogP) is 2.12. The first-order valence-corrected chi connectivity index (χ1v) is 7.98. The Morgan fingerprint density at radius 2 is 1.78 bits per heavy atom. The second-order valence-corrected chi connectivity index (χ2v) is 6.68. The molecular weight excluding hydrogens is 292 g/mol. The van der Waals surface area contributed by atoms with Gasteiger partial charge in [0.15, 0.2) is 0 Å². The number of hydrogen-bond acceptors (Lipinski definition) is 3. The molecule has 1 rings (SSSR count). The molecule has 2 N–H and O–H groups in total. The van der Waals surface area contributed by atoms with Crippen molar-refractivity contribution in [3.05, 3.63) is 35.4 Å². The summed E-state index contributed by atoms with van der Waals surface area (Å²) < 4.78 is 0. The summed E-state index contributed by atoms with van der Waals surface area (Å²) in [7, 11) is 3.56. The van der Waals surface area contributed by atoms with E-state index in [0.29, 0.717) is 5.92 Å². The van der Waals surface area contributed by atoms with Gasteiger partial charge in [0.25, 0.3) is 0 Å². The van der Waals surface area contributed by atoms with Crippen LogP contribution in [0.4, 0.5) is 0 Å². The van der Waals surface area contributed by atoms with E-state index in [1.807, 2.05) is 31.2 Å². The first kappa shape index (κ1) is 19.2. The van der Waals surface area contributed by atoms with Crippen molar-refractivity contribution >= 4 is 11.9 Å². The third-order valence-corrected chi connectivity index (χ3v) is 3.71. The summed E-state index contributed by atoms with van der Waals surface area (Å²) in [5.74, 6) is -1.16. The first-order chi connectivity index (χ1) is 10.7. The number of amides is 1. The van der Waals surface area contributed by atoms with Crippen molar-refractivity contribution in [2.75, 3.05) is 20.6 Å². The highest BCUT2D eigenvalue weighted by Gasteiger charge is 2.25. The van der Waals surface area contributed by atoms with Gasteiger partial charge in [-0.2, -0.15) is 0 Å². The molecule has 2 unspecified atom stereocenters. The van der Waals surface area contributed by atoms with Crippen molar-refractivity contribution < 1.29 is 14.7 Å². The molecule has 0 bridgehead atoms. The van der Waals surface area contributed by atoms with Crippen LogP contribution in [-0.2, 0) is 16.0 Å². The molecular formula is C18H28N2O3. The SMILES string of the molecule is CC(C)Cc1ccccc1C(C)C(=O)NC(CN(C)C)C(=O)O. The van der Waals surface area contributed by atoms with Gasteiger partial charge >= 0.3 is 5.97 Å². The van der Waals surface area contributed by atoms with E-state index in [2.05, 4.69) is 19.2 Å². The van der Waals surface area contributed by atoms with Gasteiger partial charge in [-0.1, -0.05) is 38.1 Å². The van der Waals surface area contributed by atoms with Crippen LogP contribution in [0.5, 0.6) is 0 Å². The van der Waals surface area contributed by atoms with Crippen molar-refractivity contribution in [3.63, 3.8) is 0 Å². The number of nitrogens with one attached hydrogen (secondary N) is 1. The number of carbonyl (C=O) groups excluding carboxylic acids is 1. The largest absolute Gasteiger partial charge is 0.480 e. The molecule has 0 spiro atoms. The summed E-state index contributed by atoms with van der Waals surface area (Å²) in [6.07, 6.45) is 0.897. The van der Waals surface area contributed by atoms with Crippen molar-refractivity contribution in [3.8, 4) is 0 Å². The highest BCUT2D eigenvalue weighted by Crippen LogP contribution is 2.22.